The Morgan fingerprint density at radius 3 is 0.950 bits per heavy atom. The molecule has 12 aliphatic rings. The highest BCUT2D eigenvalue weighted by Crippen LogP contribution is 2.52. The lowest BCUT2D eigenvalue weighted by atomic mass is 9.76. The number of piperidine rings is 3. The van der Waals surface area contributed by atoms with E-state index >= 15 is 0 Å². The number of aromatic nitrogens is 6. The maximum Gasteiger partial charge on any atom is 0.360 e. The molecule has 2 amide bonds. The van der Waals surface area contributed by atoms with Crippen molar-refractivity contribution >= 4 is 80.0 Å². The average molecular weight is 1640 g/mol. The quantitative estimate of drug-likeness (QED) is 0.0239. The van der Waals surface area contributed by atoms with Gasteiger partial charge in [-0.15, -0.1) is 0 Å². The predicted molar refractivity (Wildman–Crippen MR) is 448 cm³/mol. The summed E-state index contributed by atoms with van der Waals surface area (Å²) in [6, 6.07) is 26.6. The fraction of sp³-hybridized carbons (Fsp3) is 0.644. The Kier molecular flexibility index (Phi) is 25.3. The van der Waals surface area contributed by atoms with Gasteiger partial charge in [-0.25, -0.2) is 29.3 Å². The second kappa shape index (κ2) is 36.2. The topological polar surface area (TPSA) is 386 Å². The van der Waals surface area contributed by atoms with E-state index in [0.717, 1.165) is 105 Å². The number of primary amides is 2. The number of fused-ring (bicyclic) bond motifs is 15. The molecule has 0 spiro atoms. The molecule has 3 aromatic heterocycles. The van der Waals surface area contributed by atoms with Crippen LogP contribution in [0, 0.1) is 35.5 Å². The number of para-hydroxylation sites is 6. The standard InChI is InChI=1S/C31H41N5O5.C30H40N4O5.C29H37N5O5/c1-31(2,30(32)40)41-34-27(29(38)39)26-28(37)36(25-10-6-5-9-24(25)33-26)23-16-20-11-12-21(17-23)35(20)22-14-18-7-3-4-8-19(13-18)15-22;1-38-12-13-39-32-28(30(36)37)27-29(35)34(26-9-5-4-8-25(26)31-27)24-17-21-10-11-22(18-24)33(21)23-15-19-6-2-3-7-20(14-19)16-23;30-25(35)16-39-32-27(29(37)38)26-28(36)34(24-8-4-3-7-23(24)31-26)22-14-19-9-10-20(15-22)33(19)21-12-17-5-1-2-6-18(11-17)13-21/h5-6,9-10,18-23H,3-4,7-8,11-17H2,1-2H3,(H2,32,40)(H,38,39);4-5,8-9,19-24H,2-3,6-7,10-18H2,1H3,(H,36,37);3-4,7-8,17-22H,1-2,5-6,9-16H2,(H2,30,35)(H,37,38)/b34-27-;32-28-;32-27-. The van der Waals surface area contributed by atoms with E-state index < -0.39 is 75.7 Å². The first-order chi connectivity index (χ1) is 57.5. The highest BCUT2D eigenvalue weighted by Gasteiger charge is 2.51. The summed E-state index contributed by atoms with van der Waals surface area (Å²) in [6.45, 7) is 2.52. The van der Waals surface area contributed by atoms with Crippen molar-refractivity contribution in [2.45, 2.75) is 304 Å². The predicted octanol–water partition coefficient (Wildman–Crippen LogP) is 11.6. The van der Waals surface area contributed by atoms with Crippen molar-refractivity contribution in [3.05, 3.63) is 121 Å². The van der Waals surface area contributed by atoms with Gasteiger partial charge in [-0.1, -0.05) is 129 Å². The van der Waals surface area contributed by atoms with E-state index in [1.54, 1.807) is 21.3 Å². The van der Waals surface area contributed by atoms with Gasteiger partial charge in [0.2, 0.25) is 22.7 Å². The first kappa shape index (κ1) is 83.3. The molecule has 12 atom stereocenters. The molecule has 12 bridgehead atoms. The lowest BCUT2D eigenvalue weighted by molar-refractivity contribution is -0.140. The normalized spacial score (nSPS) is 31.0. The zero-order valence-corrected chi connectivity index (χ0v) is 69.0. The lowest BCUT2D eigenvalue weighted by Gasteiger charge is -2.48. The van der Waals surface area contributed by atoms with Crippen molar-refractivity contribution in [2.24, 2.45) is 62.4 Å². The summed E-state index contributed by atoms with van der Waals surface area (Å²) in [5, 5.41) is 40.8. The first-order valence-electron chi connectivity index (χ1n) is 44.3. The van der Waals surface area contributed by atoms with Crippen molar-refractivity contribution in [1.29, 1.82) is 0 Å². The first-order valence-corrected chi connectivity index (χ1v) is 44.3. The summed E-state index contributed by atoms with van der Waals surface area (Å²) in [4.78, 5) is 138. The molecule has 18 rings (SSSR count). The van der Waals surface area contributed by atoms with Crippen LogP contribution in [-0.4, -0.2) is 192 Å². The minimum Gasteiger partial charge on any atom is -0.476 e. The van der Waals surface area contributed by atoms with E-state index in [9.17, 15) is 53.7 Å². The molecule has 6 saturated heterocycles. The molecule has 7 N–H and O–H groups in total. The highest BCUT2D eigenvalue weighted by molar-refractivity contribution is 6.43. The Labute approximate surface area is 692 Å². The fourth-order valence-electron chi connectivity index (χ4n) is 24.5. The van der Waals surface area contributed by atoms with Crippen molar-refractivity contribution in [3.63, 3.8) is 0 Å². The summed E-state index contributed by atoms with van der Waals surface area (Å²) < 4.78 is 10.3. The maximum atomic E-state index is 14.1. The Hall–Kier alpha value is -9.32. The van der Waals surface area contributed by atoms with Crippen LogP contribution in [0.15, 0.2) is 103 Å². The number of nitrogens with zero attached hydrogens (tertiary/aromatic N) is 12. The largest absolute Gasteiger partial charge is 0.476 e. The van der Waals surface area contributed by atoms with Gasteiger partial charge in [0.15, 0.2) is 23.7 Å². The SMILES string of the molecule is CC(C)(O/N=C(\C(=O)O)c1nc2ccccc2n(C2CC3CCC(C2)N3C2CC3CCCCC(C3)C2)c1=O)C(N)=O.COCCO/N=C(\C(=O)O)c1nc2ccccc2n(C2CC3CCC(C2)N3C2CC3CCCCC(C3)C2)c1=O.NC(=O)CO/N=C(\C(=O)O)c1nc2ccccc2n(C2CC3CCC(C2)N3C2CC3CCCCC(C3)C2)c1=O. The molecule has 6 aliphatic heterocycles. The molecule has 6 aliphatic carbocycles. The second-order valence-electron chi connectivity index (χ2n) is 37.1. The number of carboxylic acid groups (broad SMARTS) is 3. The molecule has 12 unspecified atom stereocenters. The molecule has 119 heavy (non-hydrogen) atoms. The number of carbonyl (C=O) groups excluding carboxylic acids is 2. The summed E-state index contributed by atoms with van der Waals surface area (Å²) >= 11 is 0. The van der Waals surface area contributed by atoms with Gasteiger partial charge in [0, 0.05) is 79.6 Å². The third-order valence-electron chi connectivity index (χ3n) is 29.2. The van der Waals surface area contributed by atoms with Gasteiger partial charge in [-0.05, 0) is 221 Å². The van der Waals surface area contributed by atoms with Crippen LogP contribution in [0.1, 0.15) is 261 Å². The minimum atomic E-state index is -1.56. The van der Waals surface area contributed by atoms with Gasteiger partial charge in [-0.3, -0.25) is 38.7 Å². The molecule has 9 heterocycles. The van der Waals surface area contributed by atoms with E-state index in [-0.39, 0.29) is 48.4 Å². The number of carboxylic acids is 3. The van der Waals surface area contributed by atoms with Gasteiger partial charge in [-0.2, -0.15) is 0 Å². The number of ether oxygens (including phenoxy) is 1. The van der Waals surface area contributed by atoms with E-state index in [2.05, 4.69) is 45.1 Å². The van der Waals surface area contributed by atoms with E-state index in [1.165, 1.54) is 169 Å². The fourth-order valence-corrected chi connectivity index (χ4v) is 24.5. The van der Waals surface area contributed by atoms with E-state index in [1.807, 2.05) is 65.2 Å². The minimum absolute atomic E-state index is 0.00628. The summed E-state index contributed by atoms with van der Waals surface area (Å²) in [6.07, 6.45) is 40.7. The summed E-state index contributed by atoms with van der Waals surface area (Å²) in [7, 11) is 1.52. The molecule has 0 radical (unpaired) electrons. The highest BCUT2D eigenvalue weighted by atomic mass is 16.7. The van der Waals surface area contributed by atoms with Gasteiger partial charge < -0.3 is 59.7 Å². The van der Waals surface area contributed by atoms with Crippen LogP contribution in [0.3, 0.4) is 0 Å². The van der Waals surface area contributed by atoms with Crippen LogP contribution < -0.4 is 28.1 Å². The van der Waals surface area contributed by atoms with Crippen molar-refractivity contribution < 1.29 is 58.5 Å². The molecular formula is C90H118N14O15. The molecule has 29 heteroatoms. The van der Waals surface area contributed by atoms with Crippen molar-refractivity contribution in [1.82, 2.24) is 43.4 Å². The van der Waals surface area contributed by atoms with Gasteiger partial charge in [0.25, 0.3) is 28.5 Å². The molecule has 29 nitrogen and oxygen atoms in total. The molecular weight excluding hydrogens is 1520 g/mol. The lowest BCUT2D eigenvalue weighted by Crippen LogP contribution is -2.52. The number of amides is 2. The average Bonchev–Trinajstić information content (AvgIpc) is 1.74. The van der Waals surface area contributed by atoms with Crippen LogP contribution >= 0.6 is 0 Å². The number of benzene rings is 3. The smallest absolute Gasteiger partial charge is 0.360 e. The summed E-state index contributed by atoms with van der Waals surface area (Å²) in [5.41, 5.74) is 8.69. The number of nitrogens with two attached hydrogens (primary N) is 2. The zero-order valence-electron chi connectivity index (χ0n) is 69.0. The third kappa shape index (κ3) is 17.8. The molecule has 638 valence electrons. The number of rotatable bonds is 22. The van der Waals surface area contributed by atoms with Crippen LogP contribution in [-0.2, 0) is 43.2 Å². The number of hydrogen-bond donors (Lipinski definition) is 5. The van der Waals surface area contributed by atoms with Crippen LogP contribution in [0.4, 0.5) is 0 Å². The number of carbonyl (C=O) groups is 5. The van der Waals surface area contributed by atoms with Crippen molar-refractivity contribution in [2.75, 3.05) is 26.9 Å². The maximum absolute atomic E-state index is 14.1. The Morgan fingerprint density at radius 1 is 0.387 bits per heavy atom. The monoisotopic (exact) mass is 1630 g/mol. The molecule has 12 fully saturated rings. The second-order valence-corrected chi connectivity index (χ2v) is 37.1. The molecule has 3 aromatic carbocycles. The number of hydrogen-bond acceptors (Lipinski definition) is 21. The number of methoxy groups -OCH3 is 1. The van der Waals surface area contributed by atoms with Crippen LogP contribution in [0.2, 0.25) is 0 Å². The Bertz CT molecular complexity index is 4980. The van der Waals surface area contributed by atoms with Gasteiger partial charge >= 0.3 is 17.9 Å². The number of oxime groups is 3. The van der Waals surface area contributed by atoms with Crippen LogP contribution in [0.25, 0.3) is 33.1 Å². The number of aliphatic carboxylic acids is 3. The van der Waals surface area contributed by atoms with Crippen LogP contribution in [0.5, 0.6) is 0 Å². The zero-order chi connectivity index (χ0) is 82.9. The van der Waals surface area contributed by atoms with Gasteiger partial charge in [0.1, 0.15) is 6.61 Å². The van der Waals surface area contributed by atoms with E-state index in [4.69, 9.17) is 30.7 Å². The van der Waals surface area contributed by atoms with Crippen molar-refractivity contribution in [3.8, 4) is 0 Å². The van der Waals surface area contributed by atoms with E-state index in [0.29, 0.717) is 82.0 Å². The molecule has 6 aromatic rings. The third-order valence-corrected chi connectivity index (χ3v) is 29.2. The summed E-state index contributed by atoms with van der Waals surface area (Å²) in [5.74, 6) is -0.712. The molecule has 6 saturated carbocycles. The Balaban J connectivity index is 0.000000133. The Morgan fingerprint density at radius 2 is 0.672 bits per heavy atom. The van der Waals surface area contributed by atoms with Gasteiger partial charge in [0.05, 0.1) is 39.7 Å².